The molecule has 7 nitrogen and oxygen atoms in total. The van der Waals surface area contributed by atoms with Gasteiger partial charge in [0.15, 0.2) is 5.12 Å². The monoisotopic (exact) mass is 421 g/mol. The van der Waals surface area contributed by atoms with Crippen LogP contribution in [-0.4, -0.2) is 47.2 Å². The molecule has 3 N–H and O–H groups in total. The second-order valence-corrected chi connectivity index (χ2v) is 8.83. The Morgan fingerprint density at radius 1 is 0.897 bits per heavy atom. The quantitative estimate of drug-likeness (QED) is 0.533. The van der Waals surface area contributed by atoms with Crippen molar-refractivity contribution in [3.63, 3.8) is 0 Å². The van der Waals surface area contributed by atoms with Gasteiger partial charge in [-0.2, -0.15) is 0 Å². The van der Waals surface area contributed by atoms with Crippen molar-refractivity contribution in [2.45, 2.75) is 57.9 Å². The predicted molar refractivity (Wildman–Crippen MR) is 115 cm³/mol. The zero-order valence-corrected chi connectivity index (χ0v) is 18.5. The zero-order chi connectivity index (χ0) is 22.0. The first-order valence-electron chi connectivity index (χ1n) is 9.67. The molecule has 0 aliphatic carbocycles. The lowest BCUT2D eigenvalue weighted by Crippen LogP contribution is -2.55. The number of amides is 3. The van der Waals surface area contributed by atoms with Crippen molar-refractivity contribution in [2.24, 2.45) is 5.92 Å². The van der Waals surface area contributed by atoms with Crippen molar-refractivity contribution in [3.8, 4) is 0 Å². The molecule has 160 valence electrons. The maximum atomic E-state index is 12.9. The van der Waals surface area contributed by atoms with Crippen LogP contribution in [0.5, 0.6) is 0 Å². The molecule has 0 fully saturated rings. The first-order chi connectivity index (χ1) is 13.6. The van der Waals surface area contributed by atoms with Crippen LogP contribution in [0, 0.1) is 5.92 Å². The van der Waals surface area contributed by atoms with Gasteiger partial charge in [-0.1, -0.05) is 55.9 Å². The maximum absolute atomic E-state index is 12.9. The van der Waals surface area contributed by atoms with Crippen molar-refractivity contribution in [2.75, 3.05) is 7.05 Å². The van der Waals surface area contributed by atoms with E-state index in [2.05, 4.69) is 16.0 Å². The molecule has 0 aliphatic heterocycles. The molecule has 0 aliphatic rings. The molecule has 0 saturated carbocycles. The molecule has 0 heterocycles. The van der Waals surface area contributed by atoms with E-state index in [1.807, 2.05) is 44.2 Å². The van der Waals surface area contributed by atoms with E-state index in [0.717, 1.165) is 17.3 Å². The van der Waals surface area contributed by atoms with Gasteiger partial charge in [0.25, 0.3) is 0 Å². The highest BCUT2D eigenvalue weighted by atomic mass is 32.2. The van der Waals surface area contributed by atoms with Crippen molar-refractivity contribution in [1.29, 1.82) is 0 Å². The molecule has 1 rings (SSSR count). The standard InChI is InChI=1S/C21H31N3O4S/c1-13(2)11-17(23-19(26)14(3)29-15(4)25)21(28)24-18(20(27)22-5)12-16-9-7-6-8-10-16/h6-10,13-14,17-18H,11-12H2,1-5H3,(H,22,27)(H,23,26)(H,24,28)/t14?,17-,18-/m0/s1. The summed E-state index contributed by atoms with van der Waals surface area (Å²) in [5, 5.41) is 7.29. The average molecular weight is 422 g/mol. The largest absolute Gasteiger partial charge is 0.357 e. The minimum atomic E-state index is -0.791. The van der Waals surface area contributed by atoms with Gasteiger partial charge in [0.1, 0.15) is 12.1 Å². The molecule has 0 bridgehead atoms. The normalized spacial score (nSPS) is 13.9. The fraction of sp³-hybridized carbons (Fsp3) is 0.524. The maximum Gasteiger partial charge on any atom is 0.243 e. The van der Waals surface area contributed by atoms with Crippen molar-refractivity contribution >= 4 is 34.6 Å². The molecule has 0 aromatic heterocycles. The number of likely N-dealkylation sites (N-methyl/N-ethyl adjacent to an activating group) is 1. The lowest BCUT2D eigenvalue weighted by atomic mass is 10.0. The second-order valence-electron chi connectivity index (χ2n) is 7.31. The van der Waals surface area contributed by atoms with E-state index in [1.54, 1.807) is 6.92 Å². The molecule has 1 unspecified atom stereocenters. The Kier molecular flexibility index (Phi) is 10.4. The number of rotatable bonds is 10. The highest BCUT2D eigenvalue weighted by Gasteiger charge is 2.28. The molecule has 1 aromatic rings. The minimum Gasteiger partial charge on any atom is -0.357 e. The van der Waals surface area contributed by atoms with E-state index in [9.17, 15) is 19.2 Å². The Balaban J connectivity index is 2.90. The van der Waals surface area contributed by atoms with E-state index in [4.69, 9.17) is 0 Å². The molecule has 29 heavy (non-hydrogen) atoms. The molecule has 1 aromatic carbocycles. The van der Waals surface area contributed by atoms with Gasteiger partial charge in [-0.05, 0) is 24.8 Å². The van der Waals surface area contributed by atoms with Crippen molar-refractivity contribution in [1.82, 2.24) is 16.0 Å². The molecular weight excluding hydrogens is 390 g/mol. The van der Waals surface area contributed by atoms with Crippen LogP contribution in [0.4, 0.5) is 0 Å². The predicted octanol–water partition coefficient (Wildman–Crippen LogP) is 1.66. The lowest BCUT2D eigenvalue weighted by Gasteiger charge is -2.25. The van der Waals surface area contributed by atoms with Gasteiger partial charge in [-0.15, -0.1) is 0 Å². The van der Waals surface area contributed by atoms with Crippen LogP contribution in [0.3, 0.4) is 0 Å². The van der Waals surface area contributed by atoms with E-state index in [-0.39, 0.29) is 22.8 Å². The van der Waals surface area contributed by atoms with Crippen LogP contribution < -0.4 is 16.0 Å². The second kappa shape index (κ2) is 12.3. The number of benzene rings is 1. The Morgan fingerprint density at radius 3 is 2.00 bits per heavy atom. The van der Waals surface area contributed by atoms with Gasteiger partial charge in [-0.25, -0.2) is 0 Å². The van der Waals surface area contributed by atoms with E-state index >= 15 is 0 Å². The van der Waals surface area contributed by atoms with Crippen LogP contribution in [0.1, 0.15) is 39.7 Å². The van der Waals surface area contributed by atoms with Gasteiger partial charge in [-0.3, -0.25) is 19.2 Å². The van der Waals surface area contributed by atoms with Gasteiger partial charge in [0.05, 0.1) is 5.25 Å². The van der Waals surface area contributed by atoms with Crippen LogP contribution >= 0.6 is 11.8 Å². The SMILES string of the molecule is CNC(=O)[C@H](Cc1ccccc1)NC(=O)[C@H](CC(C)C)NC(=O)C(C)SC(C)=O. The van der Waals surface area contributed by atoms with Gasteiger partial charge in [0.2, 0.25) is 17.7 Å². The fourth-order valence-electron chi connectivity index (χ4n) is 2.80. The smallest absolute Gasteiger partial charge is 0.243 e. The molecule has 0 radical (unpaired) electrons. The van der Waals surface area contributed by atoms with Gasteiger partial charge in [0, 0.05) is 20.4 Å². The van der Waals surface area contributed by atoms with Crippen molar-refractivity contribution < 1.29 is 19.2 Å². The Bertz CT molecular complexity index is 709. The van der Waals surface area contributed by atoms with E-state index in [0.29, 0.717) is 12.8 Å². The van der Waals surface area contributed by atoms with Gasteiger partial charge < -0.3 is 16.0 Å². The zero-order valence-electron chi connectivity index (χ0n) is 17.7. The van der Waals surface area contributed by atoms with Crippen molar-refractivity contribution in [3.05, 3.63) is 35.9 Å². The molecule has 3 amide bonds. The Morgan fingerprint density at radius 2 is 1.48 bits per heavy atom. The minimum absolute atomic E-state index is 0.148. The third-order valence-electron chi connectivity index (χ3n) is 4.21. The number of thioether (sulfide) groups is 1. The van der Waals surface area contributed by atoms with Crippen LogP contribution in [0.15, 0.2) is 30.3 Å². The summed E-state index contributed by atoms with van der Waals surface area (Å²) < 4.78 is 0. The summed E-state index contributed by atoms with van der Waals surface area (Å²) in [6.45, 7) is 6.90. The summed E-state index contributed by atoms with van der Waals surface area (Å²) in [6, 6.07) is 7.84. The summed E-state index contributed by atoms with van der Waals surface area (Å²) >= 11 is 0.913. The topological polar surface area (TPSA) is 104 Å². The number of carbonyl (C=O) groups is 4. The summed E-state index contributed by atoms with van der Waals surface area (Å²) in [5.41, 5.74) is 0.914. The third kappa shape index (κ3) is 9.13. The van der Waals surface area contributed by atoms with Crippen LogP contribution in [0.25, 0.3) is 0 Å². The highest BCUT2D eigenvalue weighted by molar-refractivity contribution is 8.14. The number of nitrogens with one attached hydrogen (secondary N) is 3. The number of hydrogen-bond donors (Lipinski definition) is 3. The first-order valence-corrected chi connectivity index (χ1v) is 10.6. The number of carbonyl (C=O) groups excluding carboxylic acids is 4. The van der Waals surface area contributed by atoms with E-state index in [1.165, 1.54) is 14.0 Å². The fourth-order valence-corrected chi connectivity index (χ4v) is 3.47. The Hall–Kier alpha value is -2.35. The number of hydrogen-bond acceptors (Lipinski definition) is 5. The Labute approximate surface area is 176 Å². The average Bonchev–Trinajstić information content (AvgIpc) is 2.66. The molecule has 3 atom stereocenters. The molecule has 0 spiro atoms. The van der Waals surface area contributed by atoms with E-state index < -0.39 is 23.2 Å². The molecule has 0 saturated heterocycles. The summed E-state index contributed by atoms with van der Waals surface area (Å²) in [4.78, 5) is 48.8. The lowest BCUT2D eigenvalue weighted by molar-refractivity contribution is -0.132. The van der Waals surface area contributed by atoms with Crippen LogP contribution in [0.2, 0.25) is 0 Å². The first kappa shape index (κ1) is 24.7. The summed E-state index contributed by atoms with van der Waals surface area (Å²) in [6.07, 6.45) is 0.756. The third-order valence-corrected chi connectivity index (χ3v) is 5.11. The summed E-state index contributed by atoms with van der Waals surface area (Å²) in [5.74, 6) is -0.964. The molecular formula is C21H31N3O4S. The van der Waals surface area contributed by atoms with Crippen LogP contribution in [-0.2, 0) is 25.6 Å². The summed E-state index contributed by atoms with van der Waals surface area (Å²) in [7, 11) is 1.51. The molecule has 8 heteroatoms. The highest BCUT2D eigenvalue weighted by Crippen LogP contribution is 2.13. The van der Waals surface area contributed by atoms with Gasteiger partial charge >= 0.3 is 0 Å².